The predicted molar refractivity (Wildman–Crippen MR) is 101 cm³/mol. The Labute approximate surface area is 159 Å². The van der Waals surface area contributed by atoms with E-state index in [9.17, 15) is 14.7 Å². The summed E-state index contributed by atoms with van der Waals surface area (Å²) in [6.07, 6.45) is -0.369. The van der Waals surface area contributed by atoms with Gasteiger partial charge in [-0.05, 0) is 18.1 Å². The SMILES string of the molecule is CCOC(=O)N1CCN(C(=O)C(O)(c2ccccc2)c2ccccc2)CC1. The lowest BCUT2D eigenvalue weighted by atomic mass is 9.85. The number of benzene rings is 2. The summed E-state index contributed by atoms with van der Waals surface area (Å²) < 4.78 is 5.02. The van der Waals surface area contributed by atoms with Crippen LogP contribution >= 0.6 is 0 Å². The van der Waals surface area contributed by atoms with Crippen molar-refractivity contribution in [3.63, 3.8) is 0 Å². The molecule has 2 aromatic rings. The first-order valence-electron chi connectivity index (χ1n) is 9.12. The van der Waals surface area contributed by atoms with Gasteiger partial charge in [0.2, 0.25) is 0 Å². The maximum absolute atomic E-state index is 13.4. The van der Waals surface area contributed by atoms with E-state index in [0.717, 1.165) is 0 Å². The minimum Gasteiger partial charge on any atom is -0.450 e. The number of nitrogens with zero attached hydrogens (tertiary/aromatic N) is 2. The van der Waals surface area contributed by atoms with Crippen LogP contribution in [0.2, 0.25) is 0 Å². The van der Waals surface area contributed by atoms with Gasteiger partial charge in [-0.15, -0.1) is 0 Å². The number of piperazine rings is 1. The fraction of sp³-hybridized carbons (Fsp3) is 0.333. The van der Waals surface area contributed by atoms with E-state index in [-0.39, 0.29) is 12.0 Å². The average molecular weight is 368 g/mol. The molecule has 2 amide bonds. The van der Waals surface area contributed by atoms with E-state index in [1.807, 2.05) is 12.1 Å². The van der Waals surface area contributed by atoms with Gasteiger partial charge in [0.15, 0.2) is 5.60 Å². The summed E-state index contributed by atoms with van der Waals surface area (Å²) in [5.74, 6) is -0.386. The number of amides is 2. The molecule has 1 N–H and O–H groups in total. The normalized spacial score (nSPS) is 14.7. The van der Waals surface area contributed by atoms with E-state index in [0.29, 0.717) is 43.9 Å². The third-order valence-corrected chi connectivity index (χ3v) is 4.79. The number of hydrogen-bond acceptors (Lipinski definition) is 4. The molecule has 0 unspecified atom stereocenters. The van der Waals surface area contributed by atoms with Gasteiger partial charge in [0.05, 0.1) is 6.61 Å². The van der Waals surface area contributed by atoms with Crippen molar-refractivity contribution in [2.45, 2.75) is 12.5 Å². The maximum Gasteiger partial charge on any atom is 0.409 e. The fourth-order valence-electron chi connectivity index (χ4n) is 3.31. The number of rotatable bonds is 4. The van der Waals surface area contributed by atoms with E-state index in [1.165, 1.54) is 0 Å². The molecule has 6 heteroatoms. The van der Waals surface area contributed by atoms with Gasteiger partial charge in [-0.2, -0.15) is 0 Å². The molecule has 0 aromatic heterocycles. The second-order valence-electron chi connectivity index (χ2n) is 6.42. The third kappa shape index (κ3) is 3.80. The molecule has 6 nitrogen and oxygen atoms in total. The molecule has 0 spiro atoms. The number of hydrogen-bond donors (Lipinski definition) is 1. The molecule has 0 aliphatic carbocycles. The Hall–Kier alpha value is -2.86. The van der Waals surface area contributed by atoms with Gasteiger partial charge in [0.1, 0.15) is 0 Å². The molecule has 3 rings (SSSR count). The molecular weight excluding hydrogens is 344 g/mol. The van der Waals surface area contributed by atoms with Crippen LogP contribution in [0.15, 0.2) is 60.7 Å². The quantitative estimate of drug-likeness (QED) is 0.898. The molecule has 0 bridgehead atoms. The molecule has 142 valence electrons. The summed E-state index contributed by atoms with van der Waals surface area (Å²) >= 11 is 0. The van der Waals surface area contributed by atoms with Crippen LogP contribution in [0.3, 0.4) is 0 Å². The first-order chi connectivity index (χ1) is 13.1. The van der Waals surface area contributed by atoms with E-state index in [2.05, 4.69) is 0 Å². The Balaban J connectivity index is 1.84. The van der Waals surface area contributed by atoms with Crippen molar-refractivity contribution in [3.8, 4) is 0 Å². The molecule has 1 heterocycles. The first-order valence-corrected chi connectivity index (χ1v) is 9.12. The van der Waals surface area contributed by atoms with Gasteiger partial charge >= 0.3 is 6.09 Å². The van der Waals surface area contributed by atoms with E-state index in [1.54, 1.807) is 65.3 Å². The summed E-state index contributed by atoms with van der Waals surface area (Å²) in [6, 6.07) is 17.9. The second kappa shape index (κ2) is 8.22. The number of carbonyl (C=O) groups excluding carboxylic acids is 2. The zero-order chi connectivity index (χ0) is 19.3. The summed E-state index contributed by atoms with van der Waals surface area (Å²) in [5.41, 5.74) is -0.725. The lowest BCUT2D eigenvalue weighted by Gasteiger charge is -2.39. The van der Waals surface area contributed by atoms with Crippen LogP contribution < -0.4 is 0 Å². The lowest BCUT2D eigenvalue weighted by molar-refractivity contribution is -0.149. The molecule has 2 aromatic carbocycles. The van der Waals surface area contributed by atoms with Crippen molar-refractivity contribution >= 4 is 12.0 Å². The highest BCUT2D eigenvalue weighted by Crippen LogP contribution is 2.32. The third-order valence-electron chi connectivity index (χ3n) is 4.79. The van der Waals surface area contributed by atoms with Gasteiger partial charge in [-0.1, -0.05) is 60.7 Å². The molecule has 0 atom stereocenters. The molecule has 1 fully saturated rings. The standard InChI is InChI=1S/C21H24N2O4/c1-2-27-20(25)23-15-13-22(14-16-23)19(24)21(26,17-9-5-3-6-10-17)18-11-7-4-8-12-18/h3-12,26H,2,13-16H2,1H3. The molecule has 27 heavy (non-hydrogen) atoms. The Morgan fingerprint density at radius 1 is 0.889 bits per heavy atom. The largest absolute Gasteiger partial charge is 0.450 e. The Morgan fingerprint density at radius 2 is 1.33 bits per heavy atom. The summed E-state index contributed by atoms with van der Waals surface area (Å²) in [5, 5.41) is 11.5. The molecule has 1 aliphatic heterocycles. The van der Waals surface area contributed by atoms with Gasteiger partial charge in [-0.25, -0.2) is 4.79 Å². The first kappa shape index (κ1) is 18.9. The fourth-order valence-corrected chi connectivity index (χ4v) is 3.31. The Bertz CT molecular complexity index is 732. The second-order valence-corrected chi connectivity index (χ2v) is 6.42. The zero-order valence-electron chi connectivity index (χ0n) is 15.4. The van der Waals surface area contributed by atoms with Crippen molar-refractivity contribution in [1.29, 1.82) is 0 Å². The molecule has 0 saturated carbocycles. The van der Waals surface area contributed by atoms with Crippen molar-refractivity contribution in [2.75, 3.05) is 32.8 Å². The monoisotopic (exact) mass is 368 g/mol. The Kier molecular flexibility index (Phi) is 5.76. The van der Waals surface area contributed by atoms with Gasteiger partial charge in [0.25, 0.3) is 5.91 Å². The number of carbonyl (C=O) groups is 2. The van der Waals surface area contributed by atoms with E-state index >= 15 is 0 Å². The maximum atomic E-state index is 13.4. The minimum absolute atomic E-state index is 0.319. The molecular formula is C21H24N2O4. The van der Waals surface area contributed by atoms with Crippen LogP contribution in [0.4, 0.5) is 4.79 Å². The highest BCUT2D eigenvalue weighted by atomic mass is 16.6. The van der Waals surface area contributed by atoms with Crippen LogP contribution in [-0.2, 0) is 15.1 Å². The highest BCUT2D eigenvalue weighted by molar-refractivity contribution is 5.90. The van der Waals surface area contributed by atoms with E-state index < -0.39 is 5.60 Å². The number of aliphatic hydroxyl groups is 1. The van der Waals surface area contributed by atoms with E-state index in [4.69, 9.17) is 4.74 Å². The van der Waals surface area contributed by atoms with Crippen LogP contribution in [0, 0.1) is 0 Å². The minimum atomic E-state index is -1.77. The van der Waals surface area contributed by atoms with Crippen molar-refractivity contribution < 1.29 is 19.4 Å². The molecule has 0 radical (unpaired) electrons. The van der Waals surface area contributed by atoms with Crippen molar-refractivity contribution in [3.05, 3.63) is 71.8 Å². The number of ether oxygens (including phenoxy) is 1. The van der Waals surface area contributed by atoms with Gasteiger partial charge < -0.3 is 19.6 Å². The Morgan fingerprint density at radius 3 is 1.78 bits per heavy atom. The smallest absolute Gasteiger partial charge is 0.409 e. The van der Waals surface area contributed by atoms with Crippen molar-refractivity contribution in [2.24, 2.45) is 0 Å². The van der Waals surface area contributed by atoms with Gasteiger partial charge in [-0.3, -0.25) is 4.79 Å². The predicted octanol–water partition coefficient (Wildman–Crippen LogP) is 2.22. The van der Waals surface area contributed by atoms with Crippen LogP contribution in [0.1, 0.15) is 18.1 Å². The van der Waals surface area contributed by atoms with Crippen LogP contribution in [0.5, 0.6) is 0 Å². The summed E-state index contributed by atoms with van der Waals surface area (Å²) in [7, 11) is 0. The molecule has 1 saturated heterocycles. The van der Waals surface area contributed by atoms with Crippen LogP contribution in [-0.4, -0.2) is 59.7 Å². The lowest BCUT2D eigenvalue weighted by Crippen LogP contribution is -2.56. The average Bonchev–Trinajstić information content (AvgIpc) is 2.74. The van der Waals surface area contributed by atoms with Crippen LogP contribution in [0.25, 0.3) is 0 Å². The zero-order valence-corrected chi connectivity index (χ0v) is 15.4. The molecule has 1 aliphatic rings. The highest BCUT2D eigenvalue weighted by Gasteiger charge is 2.43. The van der Waals surface area contributed by atoms with Crippen molar-refractivity contribution in [1.82, 2.24) is 9.80 Å². The van der Waals surface area contributed by atoms with Gasteiger partial charge in [0, 0.05) is 26.2 Å². The summed E-state index contributed by atoms with van der Waals surface area (Å²) in [4.78, 5) is 28.4. The summed E-state index contributed by atoms with van der Waals surface area (Å²) in [6.45, 7) is 3.53. The topological polar surface area (TPSA) is 70.1 Å².